The summed E-state index contributed by atoms with van der Waals surface area (Å²) in [5, 5.41) is 3.20. The van der Waals surface area contributed by atoms with E-state index in [9.17, 15) is 4.39 Å². The molecule has 1 aromatic carbocycles. The molecule has 0 radical (unpaired) electrons. The lowest BCUT2D eigenvalue weighted by atomic mass is 10.0. The number of hydrogen-bond acceptors (Lipinski definition) is 2. The molecule has 2 nitrogen and oxygen atoms in total. The van der Waals surface area contributed by atoms with Gasteiger partial charge in [0.15, 0.2) is 11.6 Å². The second-order valence-corrected chi connectivity index (χ2v) is 4.93. The van der Waals surface area contributed by atoms with E-state index in [2.05, 4.69) is 28.2 Å². The Hall–Kier alpha value is -0.610. The van der Waals surface area contributed by atoms with Crippen molar-refractivity contribution in [2.24, 2.45) is 0 Å². The summed E-state index contributed by atoms with van der Waals surface area (Å²) in [6.07, 6.45) is 1.99. The lowest BCUT2D eigenvalue weighted by molar-refractivity contribution is 0.176. The average Bonchev–Trinajstić information content (AvgIpc) is 2.56. The predicted octanol–water partition coefficient (Wildman–Crippen LogP) is 3.41. The van der Waals surface area contributed by atoms with Crippen molar-refractivity contribution in [1.82, 2.24) is 5.32 Å². The Labute approximate surface area is 103 Å². The minimum Gasteiger partial charge on any atom is -0.485 e. The first-order valence-corrected chi connectivity index (χ1v) is 6.29. The Morgan fingerprint density at radius 2 is 2.25 bits per heavy atom. The molecule has 0 spiro atoms. The van der Waals surface area contributed by atoms with Crippen LogP contribution in [-0.4, -0.2) is 13.2 Å². The zero-order valence-electron chi connectivity index (χ0n) is 9.39. The van der Waals surface area contributed by atoms with Gasteiger partial charge in [0, 0.05) is 10.0 Å². The van der Waals surface area contributed by atoms with Crippen LogP contribution in [0, 0.1) is 5.82 Å². The number of halogens is 2. The number of benzene rings is 1. The van der Waals surface area contributed by atoms with E-state index in [4.69, 9.17) is 4.74 Å². The number of nitrogens with one attached hydrogen (secondary N) is 1. The number of rotatable bonds is 3. The summed E-state index contributed by atoms with van der Waals surface area (Å²) in [5.41, 5.74) is 0.910. The van der Waals surface area contributed by atoms with Crippen LogP contribution in [0.2, 0.25) is 0 Å². The van der Waals surface area contributed by atoms with Crippen LogP contribution in [-0.2, 0) is 0 Å². The predicted molar refractivity (Wildman–Crippen MR) is 65.2 cm³/mol. The maximum atomic E-state index is 13.7. The Morgan fingerprint density at radius 1 is 1.50 bits per heavy atom. The van der Waals surface area contributed by atoms with Crippen LogP contribution >= 0.6 is 15.9 Å². The number of ether oxygens (including phenoxy) is 1. The van der Waals surface area contributed by atoms with Gasteiger partial charge in [-0.15, -0.1) is 0 Å². The van der Waals surface area contributed by atoms with Gasteiger partial charge >= 0.3 is 0 Å². The molecule has 0 bridgehead atoms. The zero-order valence-corrected chi connectivity index (χ0v) is 11.0. The van der Waals surface area contributed by atoms with E-state index in [0.29, 0.717) is 5.75 Å². The van der Waals surface area contributed by atoms with Gasteiger partial charge in [-0.3, -0.25) is 0 Å². The summed E-state index contributed by atoms with van der Waals surface area (Å²) in [7, 11) is 1.88. The molecule has 88 valence electrons. The van der Waals surface area contributed by atoms with Crippen LogP contribution in [0.1, 0.15) is 31.4 Å². The third-order valence-corrected chi connectivity index (χ3v) is 3.36. The van der Waals surface area contributed by atoms with Crippen LogP contribution in [0.15, 0.2) is 16.6 Å². The Morgan fingerprint density at radius 3 is 2.88 bits per heavy atom. The SMILES string of the molecule is CCCC1Oc2c(F)cc(Br)cc2C1NC. The van der Waals surface area contributed by atoms with E-state index in [1.165, 1.54) is 6.07 Å². The van der Waals surface area contributed by atoms with Gasteiger partial charge in [0.05, 0.1) is 6.04 Å². The fourth-order valence-electron chi connectivity index (χ4n) is 2.21. The molecular weight excluding hydrogens is 273 g/mol. The highest BCUT2D eigenvalue weighted by Crippen LogP contribution is 2.41. The average molecular weight is 288 g/mol. The van der Waals surface area contributed by atoms with E-state index in [1.807, 2.05) is 13.1 Å². The van der Waals surface area contributed by atoms with Crippen molar-refractivity contribution in [2.45, 2.75) is 31.9 Å². The van der Waals surface area contributed by atoms with Crippen LogP contribution in [0.5, 0.6) is 5.75 Å². The van der Waals surface area contributed by atoms with Crippen LogP contribution in [0.3, 0.4) is 0 Å². The molecule has 0 saturated carbocycles. The standard InChI is InChI=1S/C12H15BrFNO/c1-3-4-10-11(15-2)8-5-7(13)6-9(14)12(8)16-10/h5-6,10-11,15H,3-4H2,1-2H3. The molecule has 0 aliphatic carbocycles. The third kappa shape index (κ3) is 1.96. The van der Waals surface area contributed by atoms with Crippen molar-refractivity contribution < 1.29 is 9.13 Å². The lowest BCUT2D eigenvalue weighted by Gasteiger charge is -2.17. The first-order chi connectivity index (χ1) is 7.67. The van der Waals surface area contributed by atoms with Crippen LogP contribution < -0.4 is 10.1 Å². The molecule has 1 heterocycles. The van der Waals surface area contributed by atoms with E-state index in [1.54, 1.807) is 0 Å². The summed E-state index contributed by atoms with van der Waals surface area (Å²) in [4.78, 5) is 0. The molecule has 0 fully saturated rings. The smallest absolute Gasteiger partial charge is 0.166 e. The third-order valence-electron chi connectivity index (χ3n) is 2.90. The van der Waals surface area contributed by atoms with Gasteiger partial charge in [0.2, 0.25) is 0 Å². The number of hydrogen-bond donors (Lipinski definition) is 1. The molecule has 1 aromatic rings. The molecule has 2 atom stereocenters. The fraction of sp³-hybridized carbons (Fsp3) is 0.500. The minimum absolute atomic E-state index is 0.0359. The Bertz CT molecular complexity index is 397. The van der Waals surface area contributed by atoms with Crippen molar-refractivity contribution in [3.63, 3.8) is 0 Å². The van der Waals surface area contributed by atoms with Gasteiger partial charge in [-0.1, -0.05) is 29.3 Å². The first kappa shape index (κ1) is 11.9. The Balaban J connectivity index is 2.38. The van der Waals surface area contributed by atoms with Crippen LogP contribution in [0.25, 0.3) is 0 Å². The van der Waals surface area contributed by atoms with Crippen LogP contribution in [0.4, 0.5) is 4.39 Å². The van der Waals surface area contributed by atoms with E-state index in [-0.39, 0.29) is 18.0 Å². The van der Waals surface area contributed by atoms with E-state index in [0.717, 1.165) is 22.9 Å². The van der Waals surface area contributed by atoms with Crippen molar-refractivity contribution >= 4 is 15.9 Å². The zero-order chi connectivity index (χ0) is 11.7. The lowest BCUT2D eigenvalue weighted by Crippen LogP contribution is -2.28. The largest absolute Gasteiger partial charge is 0.485 e. The monoisotopic (exact) mass is 287 g/mol. The van der Waals surface area contributed by atoms with Gasteiger partial charge in [-0.2, -0.15) is 0 Å². The van der Waals surface area contributed by atoms with E-state index >= 15 is 0 Å². The summed E-state index contributed by atoms with van der Waals surface area (Å²) in [5.74, 6) is 0.115. The molecule has 4 heteroatoms. The maximum absolute atomic E-state index is 13.7. The summed E-state index contributed by atoms with van der Waals surface area (Å²) in [6.45, 7) is 2.10. The topological polar surface area (TPSA) is 21.3 Å². The molecule has 1 aliphatic rings. The van der Waals surface area contributed by atoms with Gasteiger partial charge < -0.3 is 10.1 Å². The molecular formula is C12H15BrFNO. The summed E-state index contributed by atoms with van der Waals surface area (Å²) in [6, 6.07) is 3.46. The molecule has 2 rings (SSSR count). The highest BCUT2D eigenvalue weighted by molar-refractivity contribution is 9.10. The number of likely N-dealkylation sites (N-methyl/N-ethyl adjacent to an activating group) is 1. The molecule has 0 aromatic heterocycles. The molecule has 0 saturated heterocycles. The van der Waals surface area contributed by atoms with Gasteiger partial charge in [0.1, 0.15) is 6.10 Å². The quantitative estimate of drug-likeness (QED) is 0.920. The highest BCUT2D eigenvalue weighted by atomic mass is 79.9. The van der Waals surface area contributed by atoms with Gasteiger partial charge in [0.25, 0.3) is 0 Å². The molecule has 16 heavy (non-hydrogen) atoms. The molecule has 1 N–H and O–H groups in total. The fourth-order valence-corrected chi connectivity index (χ4v) is 2.65. The molecule has 2 unspecified atom stereocenters. The van der Waals surface area contributed by atoms with Gasteiger partial charge in [-0.25, -0.2) is 4.39 Å². The minimum atomic E-state index is -0.289. The number of fused-ring (bicyclic) bond motifs is 1. The molecule has 1 aliphatic heterocycles. The van der Waals surface area contributed by atoms with Gasteiger partial charge in [-0.05, 0) is 25.6 Å². The normalized spacial score (nSPS) is 23.0. The molecule has 0 amide bonds. The Kier molecular flexibility index (Phi) is 3.50. The summed E-state index contributed by atoms with van der Waals surface area (Å²) < 4.78 is 20.1. The maximum Gasteiger partial charge on any atom is 0.166 e. The second kappa shape index (κ2) is 4.72. The first-order valence-electron chi connectivity index (χ1n) is 5.50. The van der Waals surface area contributed by atoms with Crippen molar-refractivity contribution in [2.75, 3.05) is 7.05 Å². The highest BCUT2D eigenvalue weighted by Gasteiger charge is 2.34. The van der Waals surface area contributed by atoms with Crippen molar-refractivity contribution in [1.29, 1.82) is 0 Å². The summed E-state index contributed by atoms with van der Waals surface area (Å²) >= 11 is 3.31. The van der Waals surface area contributed by atoms with Crippen molar-refractivity contribution in [3.05, 3.63) is 28.0 Å². The van der Waals surface area contributed by atoms with Crippen molar-refractivity contribution in [3.8, 4) is 5.75 Å². The second-order valence-electron chi connectivity index (χ2n) is 4.02. The van der Waals surface area contributed by atoms with E-state index < -0.39 is 0 Å².